The molecule has 12 heavy (non-hydrogen) atoms. The lowest BCUT2D eigenvalue weighted by molar-refractivity contribution is 0.501. The number of thioether (sulfide) groups is 1. The molecule has 1 atom stereocenters. The molecule has 0 bridgehead atoms. The van der Waals surface area contributed by atoms with Crippen LogP contribution in [0.15, 0.2) is 16.5 Å². The van der Waals surface area contributed by atoms with Crippen LogP contribution in [0.2, 0.25) is 0 Å². The van der Waals surface area contributed by atoms with Crippen molar-refractivity contribution in [2.75, 3.05) is 6.54 Å². The molecule has 2 nitrogen and oxygen atoms in total. The fourth-order valence-electron chi connectivity index (χ4n) is 0.855. The summed E-state index contributed by atoms with van der Waals surface area (Å²) in [5.41, 5.74) is 5.49. The lowest BCUT2D eigenvalue weighted by Gasteiger charge is -2.05. The predicted molar refractivity (Wildman–Crippen MR) is 53.3 cm³/mol. The number of nitrogens with two attached hydrogens (primary N) is 1. The molecule has 1 heterocycles. The van der Waals surface area contributed by atoms with Crippen LogP contribution in [0.25, 0.3) is 0 Å². The zero-order valence-corrected chi connectivity index (χ0v) is 8.36. The first-order valence-corrected chi connectivity index (χ1v) is 5.14. The highest BCUT2D eigenvalue weighted by Crippen LogP contribution is 2.18. The normalized spacial score (nSPS) is 13.2. The molecule has 0 saturated heterocycles. The molecule has 1 unspecified atom stereocenters. The van der Waals surface area contributed by atoms with Crippen molar-refractivity contribution < 1.29 is 4.42 Å². The van der Waals surface area contributed by atoms with Crippen LogP contribution >= 0.6 is 11.8 Å². The summed E-state index contributed by atoms with van der Waals surface area (Å²) in [6.07, 6.45) is 0. The molecular formula is C9H15NOS. The SMILES string of the molecule is Cc1ccc(CSC(C)CN)o1. The molecule has 0 aliphatic rings. The van der Waals surface area contributed by atoms with Gasteiger partial charge in [0.05, 0.1) is 5.75 Å². The fraction of sp³-hybridized carbons (Fsp3) is 0.556. The first-order chi connectivity index (χ1) is 5.72. The summed E-state index contributed by atoms with van der Waals surface area (Å²) in [6, 6.07) is 4.01. The molecule has 3 heteroatoms. The molecule has 0 saturated carbocycles. The van der Waals surface area contributed by atoms with E-state index in [0.29, 0.717) is 5.25 Å². The van der Waals surface area contributed by atoms with Crippen LogP contribution in [0.3, 0.4) is 0 Å². The van der Waals surface area contributed by atoms with Gasteiger partial charge in [0, 0.05) is 11.8 Å². The molecule has 1 aromatic rings. The Hall–Kier alpha value is -0.410. The van der Waals surface area contributed by atoms with E-state index in [1.165, 1.54) is 0 Å². The van der Waals surface area contributed by atoms with E-state index in [1.807, 2.05) is 30.8 Å². The Morgan fingerprint density at radius 2 is 2.33 bits per heavy atom. The van der Waals surface area contributed by atoms with Crippen molar-refractivity contribution >= 4 is 11.8 Å². The Balaban J connectivity index is 2.33. The summed E-state index contributed by atoms with van der Waals surface area (Å²) in [7, 11) is 0. The van der Waals surface area contributed by atoms with Crippen molar-refractivity contribution in [3.8, 4) is 0 Å². The van der Waals surface area contributed by atoms with Gasteiger partial charge in [-0.25, -0.2) is 0 Å². The minimum atomic E-state index is 0.510. The highest BCUT2D eigenvalue weighted by Gasteiger charge is 2.02. The molecule has 0 amide bonds. The smallest absolute Gasteiger partial charge is 0.114 e. The maximum atomic E-state index is 5.49. The number of aryl methyl sites for hydroxylation is 1. The highest BCUT2D eigenvalue weighted by molar-refractivity contribution is 7.99. The van der Waals surface area contributed by atoms with E-state index in [0.717, 1.165) is 23.8 Å². The summed E-state index contributed by atoms with van der Waals surface area (Å²) in [4.78, 5) is 0. The van der Waals surface area contributed by atoms with E-state index in [-0.39, 0.29) is 0 Å². The largest absolute Gasteiger partial charge is 0.466 e. The number of hydrogen-bond donors (Lipinski definition) is 1. The van der Waals surface area contributed by atoms with E-state index in [9.17, 15) is 0 Å². The summed E-state index contributed by atoms with van der Waals surface area (Å²) < 4.78 is 5.42. The zero-order valence-electron chi connectivity index (χ0n) is 7.54. The molecular weight excluding hydrogens is 170 g/mol. The molecule has 0 aliphatic heterocycles. The van der Waals surface area contributed by atoms with Crippen LogP contribution in [0.4, 0.5) is 0 Å². The second kappa shape index (κ2) is 4.58. The Kier molecular flexibility index (Phi) is 3.69. The van der Waals surface area contributed by atoms with Gasteiger partial charge in [0.15, 0.2) is 0 Å². The number of furan rings is 1. The molecule has 0 aliphatic carbocycles. The maximum Gasteiger partial charge on any atom is 0.114 e. The predicted octanol–water partition coefficient (Wildman–Crippen LogP) is 2.17. The molecule has 0 radical (unpaired) electrons. The van der Waals surface area contributed by atoms with Crippen LogP contribution in [0.1, 0.15) is 18.4 Å². The average molecular weight is 185 g/mol. The molecule has 2 N–H and O–H groups in total. The summed E-state index contributed by atoms with van der Waals surface area (Å²) >= 11 is 1.82. The Bertz CT molecular complexity index is 234. The molecule has 0 spiro atoms. The third-order valence-corrected chi connectivity index (χ3v) is 2.85. The number of rotatable bonds is 4. The quantitative estimate of drug-likeness (QED) is 0.781. The summed E-state index contributed by atoms with van der Waals surface area (Å²) in [5.74, 6) is 2.94. The number of hydrogen-bond acceptors (Lipinski definition) is 3. The Labute approximate surface area is 77.5 Å². The first kappa shape index (κ1) is 9.68. The van der Waals surface area contributed by atoms with Crippen LogP contribution < -0.4 is 5.73 Å². The Morgan fingerprint density at radius 3 is 2.83 bits per heavy atom. The standard InChI is InChI=1S/C9H15NOS/c1-7-3-4-9(11-7)6-12-8(2)5-10/h3-4,8H,5-6,10H2,1-2H3. The van der Waals surface area contributed by atoms with Gasteiger partial charge in [0.1, 0.15) is 11.5 Å². The molecule has 1 rings (SSSR count). The lowest BCUT2D eigenvalue weighted by Crippen LogP contribution is -2.12. The van der Waals surface area contributed by atoms with E-state index in [4.69, 9.17) is 10.2 Å². The second-order valence-electron chi connectivity index (χ2n) is 2.87. The maximum absolute atomic E-state index is 5.49. The van der Waals surface area contributed by atoms with Crippen LogP contribution in [-0.4, -0.2) is 11.8 Å². The van der Waals surface area contributed by atoms with Gasteiger partial charge in [-0.05, 0) is 19.1 Å². The highest BCUT2D eigenvalue weighted by atomic mass is 32.2. The molecule has 0 fully saturated rings. The van der Waals surface area contributed by atoms with Crippen molar-refractivity contribution in [2.24, 2.45) is 5.73 Å². The monoisotopic (exact) mass is 185 g/mol. The average Bonchev–Trinajstić information content (AvgIpc) is 2.47. The van der Waals surface area contributed by atoms with Crippen LogP contribution in [-0.2, 0) is 5.75 Å². The minimum Gasteiger partial charge on any atom is -0.466 e. The lowest BCUT2D eigenvalue weighted by atomic mass is 10.5. The van der Waals surface area contributed by atoms with Crippen molar-refractivity contribution in [3.05, 3.63) is 23.7 Å². The van der Waals surface area contributed by atoms with E-state index < -0.39 is 0 Å². The van der Waals surface area contributed by atoms with Crippen molar-refractivity contribution in [3.63, 3.8) is 0 Å². The molecule has 0 aromatic carbocycles. The van der Waals surface area contributed by atoms with E-state index in [1.54, 1.807) is 0 Å². The van der Waals surface area contributed by atoms with Gasteiger partial charge in [-0.3, -0.25) is 0 Å². The minimum absolute atomic E-state index is 0.510. The van der Waals surface area contributed by atoms with Gasteiger partial charge in [-0.1, -0.05) is 6.92 Å². The van der Waals surface area contributed by atoms with Crippen LogP contribution in [0.5, 0.6) is 0 Å². The summed E-state index contributed by atoms with van der Waals surface area (Å²) in [5, 5.41) is 0.510. The topological polar surface area (TPSA) is 39.2 Å². The first-order valence-electron chi connectivity index (χ1n) is 4.09. The zero-order chi connectivity index (χ0) is 8.97. The van der Waals surface area contributed by atoms with Gasteiger partial charge in [-0.15, -0.1) is 11.8 Å². The molecule has 1 aromatic heterocycles. The fourth-order valence-corrected chi connectivity index (χ4v) is 1.60. The van der Waals surface area contributed by atoms with Crippen molar-refractivity contribution in [1.29, 1.82) is 0 Å². The third-order valence-electron chi connectivity index (χ3n) is 1.64. The van der Waals surface area contributed by atoms with Gasteiger partial charge < -0.3 is 10.2 Å². The van der Waals surface area contributed by atoms with E-state index >= 15 is 0 Å². The van der Waals surface area contributed by atoms with Crippen LogP contribution in [0, 0.1) is 6.92 Å². The van der Waals surface area contributed by atoms with E-state index in [2.05, 4.69) is 6.92 Å². The molecule has 68 valence electrons. The van der Waals surface area contributed by atoms with Gasteiger partial charge in [0.2, 0.25) is 0 Å². The van der Waals surface area contributed by atoms with Crippen molar-refractivity contribution in [1.82, 2.24) is 0 Å². The van der Waals surface area contributed by atoms with Gasteiger partial charge >= 0.3 is 0 Å². The summed E-state index contributed by atoms with van der Waals surface area (Å²) in [6.45, 7) is 4.81. The second-order valence-corrected chi connectivity index (χ2v) is 4.30. The van der Waals surface area contributed by atoms with Gasteiger partial charge in [-0.2, -0.15) is 0 Å². The third kappa shape index (κ3) is 2.91. The van der Waals surface area contributed by atoms with Crippen molar-refractivity contribution in [2.45, 2.75) is 24.9 Å². The van der Waals surface area contributed by atoms with Gasteiger partial charge in [0.25, 0.3) is 0 Å². The Morgan fingerprint density at radius 1 is 1.58 bits per heavy atom.